The van der Waals surface area contributed by atoms with Crippen LogP contribution in [0.2, 0.25) is 0 Å². The largest absolute Gasteiger partial charge is 0.481 e. The maximum Gasteiger partial charge on any atom is 0.305 e. The van der Waals surface area contributed by atoms with Crippen molar-refractivity contribution in [2.24, 2.45) is 11.7 Å². The van der Waals surface area contributed by atoms with Crippen LogP contribution in [-0.2, 0) is 9.59 Å². The molecule has 0 radical (unpaired) electrons. The molecule has 0 aromatic heterocycles. The topological polar surface area (TPSA) is 83.6 Å². The van der Waals surface area contributed by atoms with Gasteiger partial charge in [-0.05, 0) is 12.3 Å². The third-order valence-corrected chi connectivity index (χ3v) is 2.08. The minimum Gasteiger partial charge on any atom is -0.481 e. The lowest BCUT2D eigenvalue weighted by atomic mass is 10.0. The second-order valence-electron chi connectivity index (χ2n) is 4.14. The number of hydrogen-bond donors (Lipinski definition) is 2. The Hall–Kier alpha value is -1.10. The molecule has 0 spiro atoms. The van der Waals surface area contributed by atoms with Crippen molar-refractivity contribution in [3.8, 4) is 0 Å². The van der Waals surface area contributed by atoms with Gasteiger partial charge in [-0.15, -0.1) is 0 Å². The highest BCUT2D eigenvalue weighted by Gasteiger charge is 2.19. The highest BCUT2D eigenvalue weighted by molar-refractivity contribution is 5.81. The lowest BCUT2D eigenvalue weighted by molar-refractivity contribution is -0.138. The van der Waals surface area contributed by atoms with Crippen molar-refractivity contribution in [3.05, 3.63) is 0 Å². The molecule has 0 bridgehead atoms. The van der Waals surface area contributed by atoms with E-state index < -0.39 is 12.0 Å². The summed E-state index contributed by atoms with van der Waals surface area (Å²) in [5.74, 6) is -0.742. The van der Waals surface area contributed by atoms with Crippen LogP contribution in [0.4, 0.5) is 0 Å². The third kappa shape index (κ3) is 6.06. The fourth-order valence-corrected chi connectivity index (χ4v) is 1.27. The summed E-state index contributed by atoms with van der Waals surface area (Å²) < 4.78 is 0. The van der Waals surface area contributed by atoms with Gasteiger partial charge in [0, 0.05) is 13.6 Å². The fourth-order valence-electron chi connectivity index (χ4n) is 1.27. The zero-order chi connectivity index (χ0) is 12.0. The van der Waals surface area contributed by atoms with Crippen LogP contribution < -0.4 is 5.73 Å². The first-order valence-corrected chi connectivity index (χ1v) is 5.07. The lowest BCUT2D eigenvalue weighted by Crippen LogP contribution is -2.43. The third-order valence-electron chi connectivity index (χ3n) is 2.08. The Bertz CT molecular complexity index is 229. The van der Waals surface area contributed by atoms with E-state index in [0.717, 1.165) is 0 Å². The summed E-state index contributed by atoms with van der Waals surface area (Å²) in [5.41, 5.74) is 5.69. The molecule has 0 heterocycles. The summed E-state index contributed by atoms with van der Waals surface area (Å²) in [6, 6.07) is -0.524. The Labute approximate surface area is 90.2 Å². The van der Waals surface area contributed by atoms with E-state index in [4.69, 9.17) is 10.8 Å². The van der Waals surface area contributed by atoms with E-state index in [1.807, 2.05) is 13.8 Å². The Morgan fingerprint density at radius 1 is 1.40 bits per heavy atom. The van der Waals surface area contributed by atoms with Crippen molar-refractivity contribution in [1.82, 2.24) is 4.90 Å². The van der Waals surface area contributed by atoms with Crippen LogP contribution in [0.3, 0.4) is 0 Å². The van der Waals surface area contributed by atoms with Crippen molar-refractivity contribution in [2.45, 2.75) is 32.7 Å². The van der Waals surface area contributed by atoms with Gasteiger partial charge in [0.15, 0.2) is 0 Å². The highest BCUT2D eigenvalue weighted by atomic mass is 16.4. The van der Waals surface area contributed by atoms with E-state index in [1.54, 1.807) is 7.05 Å². The number of aliphatic carboxylic acids is 1. The number of nitrogens with two attached hydrogens (primary N) is 1. The van der Waals surface area contributed by atoms with E-state index >= 15 is 0 Å². The van der Waals surface area contributed by atoms with Crippen LogP contribution >= 0.6 is 0 Å². The zero-order valence-corrected chi connectivity index (χ0v) is 9.56. The molecule has 1 amide bonds. The molecule has 1 unspecified atom stereocenters. The highest BCUT2D eigenvalue weighted by Crippen LogP contribution is 2.05. The monoisotopic (exact) mass is 216 g/mol. The number of hydrogen-bond acceptors (Lipinski definition) is 3. The fraction of sp³-hybridized carbons (Fsp3) is 0.800. The second kappa shape index (κ2) is 6.40. The molecule has 3 N–H and O–H groups in total. The SMILES string of the molecule is CC(C)CC(N)C(=O)N(C)CCC(=O)O. The molecule has 15 heavy (non-hydrogen) atoms. The second-order valence-corrected chi connectivity index (χ2v) is 4.14. The van der Waals surface area contributed by atoms with Crippen molar-refractivity contribution in [3.63, 3.8) is 0 Å². The molecule has 0 aliphatic heterocycles. The van der Waals surface area contributed by atoms with E-state index in [9.17, 15) is 9.59 Å². The summed E-state index contributed by atoms with van der Waals surface area (Å²) >= 11 is 0. The zero-order valence-electron chi connectivity index (χ0n) is 9.56. The number of nitrogens with zero attached hydrogens (tertiary/aromatic N) is 1. The molecule has 0 aromatic carbocycles. The van der Waals surface area contributed by atoms with Gasteiger partial charge in [-0.25, -0.2) is 0 Å². The number of rotatable bonds is 6. The molecule has 0 fully saturated rings. The lowest BCUT2D eigenvalue weighted by Gasteiger charge is -2.21. The molecule has 0 aliphatic carbocycles. The van der Waals surface area contributed by atoms with E-state index in [-0.39, 0.29) is 18.9 Å². The Morgan fingerprint density at radius 3 is 2.33 bits per heavy atom. The van der Waals surface area contributed by atoms with Crippen molar-refractivity contribution in [1.29, 1.82) is 0 Å². The van der Waals surface area contributed by atoms with Gasteiger partial charge in [0.05, 0.1) is 12.5 Å². The van der Waals surface area contributed by atoms with Crippen LogP contribution in [0.5, 0.6) is 0 Å². The van der Waals surface area contributed by atoms with E-state index in [2.05, 4.69) is 0 Å². The Morgan fingerprint density at radius 2 is 1.93 bits per heavy atom. The van der Waals surface area contributed by atoms with Gasteiger partial charge < -0.3 is 15.7 Å². The van der Waals surface area contributed by atoms with E-state index in [0.29, 0.717) is 12.3 Å². The summed E-state index contributed by atoms with van der Waals surface area (Å²) in [5, 5.41) is 8.46. The Kier molecular flexibility index (Phi) is 5.93. The predicted octanol–water partition coefficient (Wildman–Crippen LogP) is 0.293. The molecular weight excluding hydrogens is 196 g/mol. The van der Waals surface area contributed by atoms with Crippen LogP contribution in [0, 0.1) is 5.92 Å². The molecule has 88 valence electrons. The minimum absolute atomic E-state index is 0.0450. The van der Waals surface area contributed by atoms with E-state index in [1.165, 1.54) is 4.90 Å². The van der Waals surface area contributed by atoms with Crippen LogP contribution in [0.1, 0.15) is 26.7 Å². The summed E-state index contributed by atoms with van der Waals surface area (Å²) in [7, 11) is 1.57. The average Bonchev–Trinajstić information content (AvgIpc) is 2.11. The van der Waals surface area contributed by atoms with Crippen LogP contribution in [-0.4, -0.2) is 41.5 Å². The molecule has 0 aliphatic rings. The molecule has 1 atom stereocenters. The standard InChI is InChI=1S/C10H20N2O3/c1-7(2)6-8(11)10(15)12(3)5-4-9(13)14/h7-8H,4-6,11H2,1-3H3,(H,13,14). The van der Waals surface area contributed by atoms with Gasteiger partial charge in [0.2, 0.25) is 5.91 Å². The molecule has 5 heteroatoms. The number of carboxylic acids is 1. The summed E-state index contributed by atoms with van der Waals surface area (Å²) in [6.45, 7) is 4.19. The van der Waals surface area contributed by atoms with Crippen molar-refractivity contribution in [2.75, 3.05) is 13.6 Å². The molecule has 5 nitrogen and oxygen atoms in total. The first-order chi connectivity index (χ1) is 6.84. The minimum atomic E-state index is -0.910. The first-order valence-electron chi connectivity index (χ1n) is 5.07. The van der Waals surface area contributed by atoms with Crippen LogP contribution in [0.25, 0.3) is 0 Å². The van der Waals surface area contributed by atoms with Gasteiger partial charge in [-0.3, -0.25) is 9.59 Å². The molecule has 0 saturated heterocycles. The van der Waals surface area contributed by atoms with Gasteiger partial charge in [-0.1, -0.05) is 13.8 Å². The van der Waals surface area contributed by atoms with Crippen LogP contribution in [0.15, 0.2) is 0 Å². The number of carbonyl (C=O) groups is 2. The van der Waals surface area contributed by atoms with Gasteiger partial charge >= 0.3 is 5.97 Å². The molecule has 0 rings (SSSR count). The average molecular weight is 216 g/mol. The molecular formula is C10H20N2O3. The normalized spacial score (nSPS) is 12.6. The molecule has 0 aromatic rings. The van der Waals surface area contributed by atoms with Gasteiger partial charge in [0.25, 0.3) is 0 Å². The smallest absolute Gasteiger partial charge is 0.305 e. The first kappa shape index (κ1) is 13.9. The van der Waals surface area contributed by atoms with Gasteiger partial charge in [0.1, 0.15) is 0 Å². The summed E-state index contributed by atoms with van der Waals surface area (Å²) in [6.07, 6.45) is 0.576. The van der Waals surface area contributed by atoms with Crippen molar-refractivity contribution >= 4 is 11.9 Å². The number of likely N-dealkylation sites (N-methyl/N-ethyl adjacent to an activating group) is 1. The maximum atomic E-state index is 11.6. The number of carbonyl (C=O) groups excluding carboxylic acids is 1. The molecule has 0 saturated carbocycles. The Balaban J connectivity index is 4.01. The maximum absolute atomic E-state index is 11.6. The quantitative estimate of drug-likeness (QED) is 0.668. The predicted molar refractivity (Wildman–Crippen MR) is 57.3 cm³/mol. The summed E-state index contributed by atoms with van der Waals surface area (Å²) in [4.78, 5) is 23.3. The number of carboxylic acid groups (broad SMARTS) is 1. The van der Waals surface area contributed by atoms with Crippen molar-refractivity contribution < 1.29 is 14.7 Å². The van der Waals surface area contributed by atoms with Gasteiger partial charge in [-0.2, -0.15) is 0 Å². The number of amides is 1.